The lowest BCUT2D eigenvalue weighted by molar-refractivity contribution is -0.164. The van der Waals surface area contributed by atoms with Gasteiger partial charge in [-0.15, -0.1) is 20.4 Å². The number of benzene rings is 2. The minimum Gasteiger partial charge on any atom is -0.492 e. The first-order valence-corrected chi connectivity index (χ1v) is 24.1. The second kappa shape index (κ2) is 19.4. The van der Waals surface area contributed by atoms with Crippen molar-refractivity contribution in [3.8, 4) is 34.4 Å². The van der Waals surface area contributed by atoms with Gasteiger partial charge in [-0.25, -0.2) is 20.5 Å². The molecule has 342 valence electrons. The molecule has 16 nitrogen and oxygen atoms in total. The number of carbonyl (C=O) groups is 2. The van der Waals surface area contributed by atoms with Crippen molar-refractivity contribution in [1.29, 1.82) is 0 Å². The Balaban J connectivity index is 0.753. The van der Waals surface area contributed by atoms with Crippen LogP contribution in [0.25, 0.3) is 22.9 Å². The smallest absolute Gasteiger partial charge is 0.443 e. The fraction of sp³-hybridized carbons (Fsp3) is 0.609. The molecule has 6 aliphatic rings. The van der Waals surface area contributed by atoms with E-state index in [0.29, 0.717) is 108 Å². The number of ether oxygens (including phenoxy) is 2. The number of hydrogen-bond donors (Lipinski definition) is 2. The fourth-order valence-corrected chi connectivity index (χ4v) is 11.3. The van der Waals surface area contributed by atoms with E-state index in [4.69, 9.17) is 51.2 Å². The van der Waals surface area contributed by atoms with Gasteiger partial charge in [-0.3, -0.25) is 0 Å². The Hall–Kier alpha value is -4.64. The van der Waals surface area contributed by atoms with Crippen molar-refractivity contribution in [3.63, 3.8) is 0 Å². The number of halogens is 2. The van der Waals surface area contributed by atoms with Gasteiger partial charge in [0.15, 0.2) is 0 Å². The maximum atomic E-state index is 13.0. The zero-order valence-corrected chi connectivity index (χ0v) is 37.7. The first-order valence-electron chi connectivity index (χ1n) is 23.4. The van der Waals surface area contributed by atoms with Crippen LogP contribution in [-0.2, 0) is 44.9 Å². The van der Waals surface area contributed by atoms with E-state index in [1.807, 2.05) is 0 Å². The fourth-order valence-electron chi connectivity index (χ4n) is 10.8. The van der Waals surface area contributed by atoms with Gasteiger partial charge in [0.2, 0.25) is 11.8 Å². The predicted octanol–water partition coefficient (Wildman–Crippen LogP) is 8.58. The van der Waals surface area contributed by atoms with Crippen LogP contribution in [0.3, 0.4) is 0 Å². The van der Waals surface area contributed by atoms with Gasteiger partial charge in [-0.05, 0) is 127 Å². The molecule has 2 aromatic carbocycles. The first kappa shape index (κ1) is 43.3. The first-order chi connectivity index (χ1) is 31.3. The summed E-state index contributed by atoms with van der Waals surface area (Å²) in [5.41, 5.74) is 8.12. The Morgan fingerprint density at radius 3 is 1.41 bits per heavy atom. The molecular formula is C46H56Cl2N8O8. The molecule has 0 amide bonds. The number of nitrogens with one attached hydrogen (secondary N) is 2. The van der Waals surface area contributed by atoms with Crippen LogP contribution in [0.1, 0.15) is 113 Å². The molecule has 0 bridgehead atoms. The third-order valence-electron chi connectivity index (χ3n) is 14.3. The number of carbonyl (C=O) groups excluding carboxylic acids is 2. The van der Waals surface area contributed by atoms with Crippen molar-refractivity contribution in [1.82, 2.24) is 30.2 Å². The van der Waals surface area contributed by atoms with Crippen LogP contribution in [0.4, 0.5) is 11.4 Å². The second-order valence-electron chi connectivity index (χ2n) is 18.3. The van der Waals surface area contributed by atoms with Gasteiger partial charge in [0.1, 0.15) is 11.5 Å². The Morgan fingerprint density at radius 1 is 0.594 bits per heavy atom. The SMILES string of the molecule is O=C(ONc1c(Cl)cc(-c2nnc(CC3CCN(C4CCCC4)CC3)o2)c2c1CCCO2)C(=O)ONc1c(Cl)cc(-c2nnc(CC3CCN(C4CCCC4)CC3)o2)c2c1CCCO2. The molecule has 4 fully saturated rings. The summed E-state index contributed by atoms with van der Waals surface area (Å²) in [7, 11) is 0. The van der Waals surface area contributed by atoms with Gasteiger partial charge in [0.25, 0.3) is 11.8 Å². The number of likely N-dealkylation sites (tertiary alicyclic amines) is 2. The highest BCUT2D eigenvalue weighted by molar-refractivity contribution is 6.35. The molecule has 0 atom stereocenters. The molecule has 6 heterocycles. The molecule has 2 saturated heterocycles. The highest BCUT2D eigenvalue weighted by Gasteiger charge is 2.33. The van der Waals surface area contributed by atoms with Crippen molar-refractivity contribution in [2.24, 2.45) is 11.8 Å². The van der Waals surface area contributed by atoms with E-state index >= 15 is 0 Å². The number of hydrogen-bond acceptors (Lipinski definition) is 16. The number of piperidine rings is 2. The van der Waals surface area contributed by atoms with Gasteiger partial charge >= 0.3 is 11.9 Å². The summed E-state index contributed by atoms with van der Waals surface area (Å²) in [6, 6.07) is 4.76. The van der Waals surface area contributed by atoms with Gasteiger partial charge < -0.3 is 37.8 Å². The van der Waals surface area contributed by atoms with E-state index in [0.717, 1.165) is 76.8 Å². The summed E-state index contributed by atoms with van der Waals surface area (Å²) >= 11 is 13.6. The van der Waals surface area contributed by atoms with Crippen molar-refractivity contribution in [3.05, 3.63) is 45.1 Å². The van der Waals surface area contributed by atoms with E-state index in [9.17, 15) is 9.59 Å². The standard InChI is InChI=1S/C46H56Cl2N8O8/c47-35-25-33(43-51-49-37(61-43)23-27-13-17-55(18-14-27)29-7-1-2-8-29)41-31(11-5-21-59-41)39(35)53-63-45(57)46(58)64-54-40-32-12-6-22-60-42(32)34(26-36(40)48)44-52-50-38(62-44)24-28-15-19-56(20-16-28)30-9-3-4-10-30/h25-30,53-54H,1-24H2. The third kappa shape index (κ3) is 9.38. The van der Waals surface area contributed by atoms with Crippen molar-refractivity contribution in [2.75, 3.05) is 50.4 Å². The van der Waals surface area contributed by atoms with E-state index in [1.165, 1.54) is 51.4 Å². The maximum absolute atomic E-state index is 13.0. The van der Waals surface area contributed by atoms with Crippen LogP contribution in [0.15, 0.2) is 21.0 Å². The number of rotatable bonds is 12. The summed E-state index contributed by atoms with van der Waals surface area (Å²) in [4.78, 5) is 41.7. The van der Waals surface area contributed by atoms with Crippen LogP contribution in [-0.4, -0.2) is 93.6 Å². The third-order valence-corrected chi connectivity index (χ3v) is 14.9. The lowest BCUT2D eigenvalue weighted by atomic mass is 9.92. The zero-order valence-electron chi connectivity index (χ0n) is 36.1. The Kier molecular flexibility index (Phi) is 13.1. The molecule has 10 rings (SSSR count). The van der Waals surface area contributed by atoms with Crippen molar-refractivity contribution >= 4 is 46.5 Å². The number of fused-ring (bicyclic) bond motifs is 2. The molecule has 0 spiro atoms. The molecule has 0 unspecified atom stereocenters. The summed E-state index contributed by atoms with van der Waals surface area (Å²) in [5.74, 6) is 1.09. The molecule has 2 saturated carbocycles. The Bertz CT molecular complexity index is 2150. The van der Waals surface area contributed by atoms with Crippen molar-refractivity contribution < 1.29 is 37.6 Å². The lowest BCUT2D eigenvalue weighted by Gasteiger charge is -2.35. The molecular weight excluding hydrogens is 863 g/mol. The van der Waals surface area contributed by atoms with E-state index in [-0.39, 0.29) is 21.4 Å². The van der Waals surface area contributed by atoms with Gasteiger partial charge in [-0.1, -0.05) is 48.9 Å². The molecule has 2 aromatic heterocycles. The molecule has 2 N–H and O–H groups in total. The van der Waals surface area contributed by atoms with Crippen LogP contribution >= 0.6 is 23.2 Å². The molecule has 4 aliphatic heterocycles. The minimum atomic E-state index is -1.32. The summed E-state index contributed by atoms with van der Waals surface area (Å²) in [5, 5.41) is 17.9. The average molecular weight is 920 g/mol. The van der Waals surface area contributed by atoms with Crippen LogP contribution in [0.2, 0.25) is 10.0 Å². The van der Waals surface area contributed by atoms with E-state index in [1.54, 1.807) is 12.1 Å². The van der Waals surface area contributed by atoms with E-state index < -0.39 is 11.9 Å². The predicted molar refractivity (Wildman–Crippen MR) is 237 cm³/mol. The number of anilines is 2. The molecule has 0 radical (unpaired) electrons. The number of nitrogens with zero attached hydrogens (tertiary/aromatic N) is 6. The quantitative estimate of drug-likeness (QED) is 0.102. The summed E-state index contributed by atoms with van der Waals surface area (Å²) < 4.78 is 24.6. The van der Waals surface area contributed by atoms with E-state index in [2.05, 4.69) is 41.2 Å². The van der Waals surface area contributed by atoms with Gasteiger partial charge in [-0.2, -0.15) is 0 Å². The van der Waals surface area contributed by atoms with Gasteiger partial charge in [0.05, 0.1) is 45.8 Å². The van der Waals surface area contributed by atoms with Crippen LogP contribution < -0.4 is 20.4 Å². The van der Waals surface area contributed by atoms with Crippen molar-refractivity contribution in [2.45, 2.75) is 128 Å². The zero-order chi connectivity index (χ0) is 43.6. The van der Waals surface area contributed by atoms with Crippen LogP contribution in [0.5, 0.6) is 11.5 Å². The highest BCUT2D eigenvalue weighted by Crippen LogP contribution is 2.46. The minimum absolute atomic E-state index is 0.212. The Labute approximate surface area is 382 Å². The van der Waals surface area contributed by atoms with Gasteiger partial charge in [0, 0.05) is 36.1 Å². The monoisotopic (exact) mass is 918 g/mol. The number of aromatic nitrogens is 4. The molecule has 18 heteroatoms. The topological polar surface area (TPSA) is 179 Å². The molecule has 2 aliphatic carbocycles. The molecule has 64 heavy (non-hydrogen) atoms. The summed E-state index contributed by atoms with van der Waals surface area (Å²) in [6.45, 7) is 5.39. The molecule has 4 aromatic rings. The summed E-state index contributed by atoms with van der Waals surface area (Å²) in [6.07, 6.45) is 19.1. The second-order valence-corrected chi connectivity index (χ2v) is 19.1. The normalized spacial score (nSPS) is 20.3. The lowest BCUT2D eigenvalue weighted by Crippen LogP contribution is -2.40. The van der Waals surface area contributed by atoms with Crippen LogP contribution in [0, 0.1) is 11.8 Å². The average Bonchev–Trinajstić information content (AvgIpc) is 4.18. The highest BCUT2D eigenvalue weighted by atomic mass is 35.5. The Morgan fingerprint density at radius 2 is 1.00 bits per heavy atom. The maximum Gasteiger partial charge on any atom is 0.443 e. The largest absolute Gasteiger partial charge is 0.492 e.